The first-order chi connectivity index (χ1) is 18.5. The Bertz CT molecular complexity index is 1490. The molecule has 2 aromatic carbocycles. The molecule has 2 aromatic heterocycles. The number of anilines is 1. The molecule has 0 bridgehead atoms. The first-order valence-corrected chi connectivity index (χ1v) is 12.7. The van der Waals surface area contributed by atoms with Crippen molar-refractivity contribution in [1.29, 1.82) is 5.26 Å². The summed E-state index contributed by atoms with van der Waals surface area (Å²) in [5.74, 6) is -3.31. The van der Waals surface area contributed by atoms with Gasteiger partial charge in [-0.1, -0.05) is 42.5 Å². The molecule has 4 aromatic rings. The lowest BCUT2D eigenvalue weighted by molar-refractivity contribution is -0.142. The number of urea groups is 1. The number of pyridine rings is 1. The van der Waals surface area contributed by atoms with Gasteiger partial charge in [0.1, 0.15) is 6.04 Å². The number of nitriles is 1. The van der Waals surface area contributed by atoms with Crippen LogP contribution < -0.4 is 5.32 Å². The Morgan fingerprint density at radius 3 is 2.32 bits per heavy atom. The Kier molecular flexibility index (Phi) is 6.98. The van der Waals surface area contributed by atoms with Gasteiger partial charge in [-0.25, -0.2) is 9.59 Å². The summed E-state index contributed by atoms with van der Waals surface area (Å²) >= 11 is 1.27. The van der Waals surface area contributed by atoms with E-state index < -0.39 is 35.9 Å². The van der Waals surface area contributed by atoms with Crippen molar-refractivity contribution in [2.75, 3.05) is 5.32 Å². The summed E-state index contributed by atoms with van der Waals surface area (Å²) in [6.45, 7) is 0. The molecule has 5 rings (SSSR count). The normalized spacial score (nSPS) is 20.4. The van der Waals surface area contributed by atoms with Crippen LogP contribution in [0.15, 0.2) is 96.6 Å². The standard InChI is InChI=1S/C29H22N4O4S/c30-16-18-10-12-19(13-11-18)23-24(27(34)22-9-5-15-38-22)25(20-6-4-14-31-17-20)33(26(23)28(35)36)29(37)32-21-7-2-1-3-8-21/h1-15,17,23-26H,(H,32,37)(H,35,36). The molecule has 1 aliphatic heterocycles. The van der Waals surface area contributed by atoms with Crippen molar-refractivity contribution in [2.45, 2.75) is 18.0 Å². The Balaban J connectivity index is 1.71. The van der Waals surface area contributed by atoms with Crippen LogP contribution in [0.1, 0.15) is 38.3 Å². The molecule has 1 fully saturated rings. The fourth-order valence-electron chi connectivity index (χ4n) is 5.12. The average Bonchev–Trinajstić information content (AvgIpc) is 3.61. The summed E-state index contributed by atoms with van der Waals surface area (Å²) in [4.78, 5) is 46.7. The van der Waals surface area contributed by atoms with Crippen LogP contribution in [-0.2, 0) is 4.79 Å². The van der Waals surface area contributed by atoms with Crippen LogP contribution in [0.2, 0.25) is 0 Å². The van der Waals surface area contributed by atoms with Gasteiger partial charge in [0.15, 0.2) is 5.78 Å². The first kappa shape index (κ1) is 24.9. The number of carboxylic acids is 1. The molecule has 2 N–H and O–H groups in total. The van der Waals surface area contributed by atoms with Crippen molar-refractivity contribution >= 4 is 34.8 Å². The number of nitrogens with one attached hydrogen (secondary N) is 1. The predicted molar refractivity (Wildman–Crippen MR) is 142 cm³/mol. The molecule has 1 aliphatic rings. The number of amides is 2. The number of hydrogen-bond donors (Lipinski definition) is 2. The average molecular weight is 523 g/mol. The molecule has 2 amide bonds. The van der Waals surface area contributed by atoms with Gasteiger partial charge in [0, 0.05) is 24.0 Å². The molecule has 0 saturated carbocycles. The third-order valence-electron chi connectivity index (χ3n) is 6.70. The quantitative estimate of drug-likeness (QED) is 0.330. The number of aliphatic carboxylic acids is 1. The maximum absolute atomic E-state index is 14.1. The Hall–Kier alpha value is -4.81. The predicted octanol–water partition coefficient (Wildman–Crippen LogP) is 5.34. The van der Waals surface area contributed by atoms with Gasteiger partial charge in [-0.05, 0) is 52.9 Å². The maximum atomic E-state index is 14.1. The molecule has 188 valence electrons. The fraction of sp³-hybridized carbons (Fsp3) is 0.138. The number of aromatic nitrogens is 1. The number of Topliss-reactive ketones (excluding diaryl/α,β-unsaturated/α-hetero) is 1. The monoisotopic (exact) mass is 522 g/mol. The van der Waals surface area contributed by atoms with Crippen LogP contribution in [0.3, 0.4) is 0 Å². The number of nitrogens with zero attached hydrogens (tertiary/aromatic N) is 3. The fourth-order valence-corrected chi connectivity index (χ4v) is 5.84. The molecule has 4 unspecified atom stereocenters. The van der Waals surface area contributed by atoms with Crippen LogP contribution >= 0.6 is 11.3 Å². The molecule has 1 saturated heterocycles. The third kappa shape index (κ3) is 4.65. The van der Waals surface area contributed by atoms with Crippen LogP contribution in [0.25, 0.3) is 0 Å². The van der Waals surface area contributed by atoms with E-state index in [2.05, 4.69) is 16.4 Å². The topological polar surface area (TPSA) is 123 Å². The van der Waals surface area contributed by atoms with Crippen molar-refractivity contribution in [3.63, 3.8) is 0 Å². The van der Waals surface area contributed by atoms with E-state index in [0.717, 1.165) is 0 Å². The first-order valence-electron chi connectivity index (χ1n) is 11.8. The molecular weight excluding hydrogens is 500 g/mol. The largest absolute Gasteiger partial charge is 0.480 e. The van der Waals surface area contributed by atoms with Crippen LogP contribution in [0.5, 0.6) is 0 Å². The Morgan fingerprint density at radius 1 is 0.947 bits per heavy atom. The van der Waals surface area contributed by atoms with E-state index in [1.807, 2.05) is 0 Å². The summed E-state index contributed by atoms with van der Waals surface area (Å²) in [5, 5.41) is 24.4. The molecule has 9 heteroatoms. The van der Waals surface area contributed by atoms with Crippen molar-refractivity contribution in [2.24, 2.45) is 5.92 Å². The van der Waals surface area contributed by atoms with Crippen molar-refractivity contribution in [1.82, 2.24) is 9.88 Å². The van der Waals surface area contributed by atoms with Crippen molar-refractivity contribution in [3.05, 3.63) is 118 Å². The molecule has 0 radical (unpaired) electrons. The molecule has 8 nitrogen and oxygen atoms in total. The summed E-state index contributed by atoms with van der Waals surface area (Å²) < 4.78 is 0. The van der Waals surface area contributed by atoms with Gasteiger partial charge >= 0.3 is 12.0 Å². The smallest absolute Gasteiger partial charge is 0.327 e. The van der Waals surface area contributed by atoms with Gasteiger partial charge in [0.2, 0.25) is 0 Å². The van der Waals surface area contributed by atoms with E-state index in [9.17, 15) is 24.8 Å². The van der Waals surface area contributed by atoms with Gasteiger partial charge in [-0.3, -0.25) is 9.78 Å². The summed E-state index contributed by atoms with van der Waals surface area (Å²) in [5.41, 5.74) is 2.00. The highest BCUT2D eigenvalue weighted by Gasteiger charge is 2.58. The summed E-state index contributed by atoms with van der Waals surface area (Å²) in [6, 6.07) is 21.3. The van der Waals surface area contributed by atoms with Gasteiger partial charge in [0.05, 0.1) is 28.5 Å². The Morgan fingerprint density at radius 2 is 1.71 bits per heavy atom. The highest BCUT2D eigenvalue weighted by molar-refractivity contribution is 7.12. The molecule has 0 aliphatic carbocycles. The number of likely N-dealkylation sites (tertiary alicyclic amines) is 1. The van der Waals surface area contributed by atoms with Gasteiger partial charge in [-0.2, -0.15) is 5.26 Å². The van der Waals surface area contributed by atoms with Gasteiger partial charge < -0.3 is 15.3 Å². The highest BCUT2D eigenvalue weighted by atomic mass is 32.1. The van der Waals surface area contributed by atoms with Crippen LogP contribution in [0.4, 0.5) is 10.5 Å². The number of hydrogen-bond acceptors (Lipinski definition) is 6. The number of carboxylic acid groups (broad SMARTS) is 1. The number of ketones is 1. The summed E-state index contributed by atoms with van der Waals surface area (Å²) in [7, 11) is 0. The van der Waals surface area contributed by atoms with E-state index in [-0.39, 0.29) is 5.78 Å². The highest BCUT2D eigenvalue weighted by Crippen LogP contribution is 2.51. The number of benzene rings is 2. The second-order valence-electron chi connectivity index (χ2n) is 8.84. The molecule has 3 heterocycles. The minimum atomic E-state index is -1.37. The zero-order valence-electron chi connectivity index (χ0n) is 20.0. The summed E-state index contributed by atoms with van der Waals surface area (Å²) in [6.07, 6.45) is 3.14. The lowest BCUT2D eigenvalue weighted by Crippen LogP contribution is -2.45. The van der Waals surface area contributed by atoms with E-state index in [1.165, 1.54) is 16.2 Å². The number of para-hydroxylation sites is 1. The van der Waals surface area contributed by atoms with E-state index in [0.29, 0.717) is 27.3 Å². The van der Waals surface area contributed by atoms with Crippen molar-refractivity contribution in [3.8, 4) is 6.07 Å². The maximum Gasteiger partial charge on any atom is 0.327 e. The molecule has 0 spiro atoms. The number of carbonyl (C=O) groups is 3. The minimum Gasteiger partial charge on any atom is -0.480 e. The Labute approximate surface area is 222 Å². The number of carbonyl (C=O) groups excluding carboxylic acids is 2. The van der Waals surface area contributed by atoms with E-state index >= 15 is 0 Å². The van der Waals surface area contributed by atoms with E-state index in [4.69, 9.17) is 0 Å². The van der Waals surface area contributed by atoms with Crippen LogP contribution in [0, 0.1) is 17.2 Å². The number of thiophene rings is 1. The third-order valence-corrected chi connectivity index (χ3v) is 7.58. The van der Waals surface area contributed by atoms with E-state index in [1.54, 1.807) is 96.6 Å². The zero-order valence-corrected chi connectivity index (χ0v) is 20.8. The van der Waals surface area contributed by atoms with Gasteiger partial charge in [0.25, 0.3) is 0 Å². The second kappa shape index (κ2) is 10.7. The zero-order chi connectivity index (χ0) is 26.6. The molecule has 4 atom stereocenters. The minimum absolute atomic E-state index is 0.260. The van der Waals surface area contributed by atoms with Crippen molar-refractivity contribution < 1.29 is 19.5 Å². The second-order valence-corrected chi connectivity index (χ2v) is 9.79. The molecular formula is C29H22N4O4S. The lowest BCUT2D eigenvalue weighted by Gasteiger charge is -2.30. The number of rotatable bonds is 6. The van der Waals surface area contributed by atoms with Crippen LogP contribution in [-0.4, -0.2) is 38.8 Å². The lowest BCUT2D eigenvalue weighted by atomic mass is 9.77. The molecule has 38 heavy (non-hydrogen) atoms. The van der Waals surface area contributed by atoms with Gasteiger partial charge in [-0.15, -0.1) is 11.3 Å². The SMILES string of the molecule is N#Cc1ccc(C2C(C(=O)c3cccs3)C(c3cccnc3)N(C(=O)Nc3ccccc3)C2C(=O)O)cc1.